The third-order valence-electron chi connectivity index (χ3n) is 3.89. The third-order valence-corrected chi connectivity index (χ3v) is 3.89. The van der Waals surface area contributed by atoms with E-state index in [1.165, 1.54) is 16.3 Å². The first-order valence-electron chi connectivity index (χ1n) is 6.91. The SMILES string of the molecule is COC(C)CN1Cc2cccc3cccc(c23)NC1O. The molecule has 2 atom stereocenters. The Kier molecular flexibility index (Phi) is 3.61. The average Bonchev–Trinajstić information content (AvgIpc) is 2.58. The fourth-order valence-corrected chi connectivity index (χ4v) is 2.78. The Morgan fingerprint density at radius 3 is 2.85 bits per heavy atom. The molecular formula is C16H20N2O2. The van der Waals surface area contributed by atoms with Crippen LogP contribution < -0.4 is 5.32 Å². The molecule has 4 nitrogen and oxygen atoms in total. The van der Waals surface area contributed by atoms with Crippen LogP contribution in [0.3, 0.4) is 0 Å². The Morgan fingerprint density at radius 2 is 2.10 bits per heavy atom. The molecule has 0 spiro atoms. The first-order chi connectivity index (χ1) is 9.69. The Labute approximate surface area is 119 Å². The summed E-state index contributed by atoms with van der Waals surface area (Å²) < 4.78 is 5.31. The van der Waals surface area contributed by atoms with Gasteiger partial charge in [-0.25, -0.2) is 0 Å². The Morgan fingerprint density at radius 1 is 1.35 bits per heavy atom. The molecule has 0 saturated heterocycles. The summed E-state index contributed by atoms with van der Waals surface area (Å²) in [4.78, 5) is 1.99. The molecule has 20 heavy (non-hydrogen) atoms. The molecule has 0 radical (unpaired) electrons. The molecule has 0 aliphatic carbocycles. The van der Waals surface area contributed by atoms with Gasteiger partial charge in [0.15, 0.2) is 6.35 Å². The molecule has 0 aromatic heterocycles. The highest BCUT2D eigenvalue weighted by Gasteiger charge is 2.23. The van der Waals surface area contributed by atoms with Crippen molar-refractivity contribution in [1.82, 2.24) is 4.90 Å². The number of nitrogens with one attached hydrogen (secondary N) is 1. The molecule has 3 rings (SSSR count). The number of ether oxygens (including phenoxy) is 1. The van der Waals surface area contributed by atoms with Gasteiger partial charge in [-0.05, 0) is 23.9 Å². The summed E-state index contributed by atoms with van der Waals surface area (Å²) in [6, 6.07) is 12.4. The highest BCUT2D eigenvalue weighted by Crippen LogP contribution is 2.31. The lowest BCUT2D eigenvalue weighted by molar-refractivity contribution is -0.0158. The van der Waals surface area contributed by atoms with Gasteiger partial charge in [0, 0.05) is 31.3 Å². The normalized spacial score (nSPS) is 20.4. The van der Waals surface area contributed by atoms with Crippen LogP contribution in [0.25, 0.3) is 10.8 Å². The van der Waals surface area contributed by atoms with E-state index in [9.17, 15) is 5.11 Å². The molecule has 2 aromatic rings. The van der Waals surface area contributed by atoms with Crippen molar-refractivity contribution in [2.75, 3.05) is 19.0 Å². The van der Waals surface area contributed by atoms with Crippen LogP contribution in [0.15, 0.2) is 36.4 Å². The zero-order chi connectivity index (χ0) is 14.1. The monoisotopic (exact) mass is 272 g/mol. The molecule has 2 unspecified atom stereocenters. The number of methoxy groups -OCH3 is 1. The lowest BCUT2D eigenvalue weighted by Gasteiger charge is -2.28. The average molecular weight is 272 g/mol. The van der Waals surface area contributed by atoms with Gasteiger partial charge in [0.05, 0.1) is 6.10 Å². The van der Waals surface area contributed by atoms with Crippen molar-refractivity contribution in [1.29, 1.82) is 0 Å². The summed E-state index contributed by atoms with van der Waals surface area (Å²) in [7, 11) is 1.69. The van der Waals surface area contributed by atoms with E-state index in [0.29, 0.717) is 13.1 Å². The van der Waals surface area contributed by atoms with Crippen molar-refractivity contribution in [3.63, 3.8) is 0 Å². The van der Waals surface area contributed by atoms with Gasteiger partial charge in [-0.2, -0.15) is 0 Å². The second-order valence-electron chi connectivity index (χ2n) is 5.31. The Bertz CT molecular complexity index is 609. The number of nitrogens with zero attached hydrogens (tertiary/aromatic N) is 1. The molecule has 4 heteroatoms. The zero-order valence-corrected chi connectivity index (χ0v) is 11.8. The lowest BCUT2D eigenvalue weighted by atomic mass is 10.0. The fourth-order valence-electron chi connectivity index (χ4n) is 2.78. The van der Waals surface area contributed by atoms with Crippen LogP contribution in [-0.4, -0.2) is 36.1 Å². The van der Waals surface area contributed by atoms with Gasteiger partial charge < -0.3 is 15.2 Å². The standard InChI is InChI=1S/C16H20N2O2/c1-11(20-2)9-18-10-13-7-3-5-12-6-4-8-14(15(12)13)17-16(18)19/h3-8,11,16-17,19H,9-10H2,1-2H3. The molecular weight excluding hydrogens is 252 g/mol. The van der Waals surface area contributed by atoms with Gasteiger partial charge >= 0.3 is 0 Å². The minimum absolute atomic E-state index is 0.0758. The van der Waals surface area contributed by atoms with Crippen molar-refractivity contribution in [3.8, 4) is 0 Å². The Hall–Kier alpha value is -1.62. The largest absolute Gasteiger partial charge is 0.380 e. The summed E-state index contributed by atoms with van der Waals surface area (Å²) >= 11 is 0. The van der Waals surface area contributed by atoms with E-state index < -0.39 is 6.35 Å². The molecule has 0 amide bonds. The van der Waals surface area contributed by atoms with Gasteiger partial charge in [0.1, 0.15) is 0 Å². The minimum Gasteiger partial charge on any atom is -0.380 e. The molecule has 0 saturated carbocycles. The fraction of sp³-hybridized carbons (Fsp3) is 0.375. The predicted octanol–water partition coefficient (Wildman–Crippen LogP) is 2.38. The van der Waals surface area contributed by atoms with Gasteiger partial charge in [-0.15, -0.1) is 0 Å². The number of aliphatic hydroxyl groups excluding tert-OH is 1. The maximum atomic E-state index is 10.4. The van der Waals surface area contributed by atoms with Crippen molar-refractivity contribution < 1.29 is 9.84 Å². The number of hydrogen-bond donors (Lipinski definition) is 2. The first-order valence-corrected chi connectivity index (χ1v) is 6.91. The van der Waals surface area contributed by atoms with E-state index in [-0.39, 0.29) is 6.10 Å². The number of aliphatic hydroxyl groups is 1. The van der Waals surface area contributed by atoms with E-state index in [4.69, 9.17) is 4.74 Å². The van der Waals surface area contributed by atoms with Gasteiger partial charge in [0.25, 0.3) is 0 Å². The molecule has 1 aliphatic rings. The van der Waals surface area contributed by atoms with Crippen molar-refractivity contribution in [2.24, 2.45) is 0 Å². The van der Waals surface area contributed by atoms with Crippen molar-refractivity contribution in [3.05, 3.63) is 42.0 Å². The number of hydrogen-bond acceptors (Lipinski definition) is 4. The molecule has 1 heterocycles. The number of benzene rings is 2. The highest BCUT2D eigenvalue weighted by molar-refractivity contribution is 5.96. The van der Waals surface area contributed by atoms with E-state index in [1.807, 2.05) is 24.0 Å². The van der Waals surface area contributed by atoms with Crippen LogP contribution in [0, 0.1) is 0 Å². The molecule has 2 aromatic carbocycles. The molecule has 106 valence electrons. The van der Waals surface area contributed by atoms with Crippen LogP contribution in [0.5, 0.6) is 0 Å². The van der Waals surface area contributed by atoms with Crippen LogP contribution in [0.4, 0.5) is 5.69 Å². The maximum Gasteiger partial charge on any atom is 0.184 e. The molecule has 2 N–H and O–H groups in total. The van der Waals surface area contributed by atoms with Gasteiger partial charge in [-0.3, -0.25) is 4.90 Å². The topological polar surface area (TPSA) is 44.7 Å². The Balaban J connectivity index is 2.01. The second kappa shape index (κ2) is 5.40. The minimum atomic E-state index is -0.703. The number of rotatable bonds is 3. The summed E-state index contributed by atoms with van der Waals surface area (Å²) in [6.45, 7) is 3.39. The van der Waals surface area contributed by atoms with E-state index in [0.717, 1.165) is 5.69 Å². The smallest absolute Gasteiger partial charge is 0.184 e. The van der Waals surface area contributed by atoms with Crippen LogP contribution >= 0.6 is 0 Å². The molecule has 1 aliphatic heterocycles. The second-order valence-corrected chi connectivity index (χ2v) is 5.31. The lowest BCUT2D eigenvalue weighted by Crippen LogP contribution is -2.43. The van der Waals surface area contributed by atoms with E-state index in [2.05, 4.69) is 29.6 Å². The summed E-state index contributed by atoms with van der Waals surface area (Å²) in [5, 5.41) is 16.0. The summed E-state index contributed by atoms with van der Waals surface area (Å²) in [5.74, 6) is 0. The highest BCUT2D eigenvalue weighted by atomic mass is 16.5. The molecule has 0 bridgehead atoms. The van der Waals surface area contributed by atoms with Crippen LogP contribution in [-0.2, 0) is 11.3 Å². The van der Waals surface area contributed by atoms with Crippen molar-refractivity contribution in [2.45, 2.75) is 25.9 Å². The first kappa shape index (κ1) is 13.4. The van der Waals surface area contributed by atoms with E-state index in [1.54, 1.807) is 7.11 Å². The zero-order valence-electron chi connectivity index (χ0n) is 11.8. The quantitative estimate of drug-likeness (QED) is 0.900. The van der Waals surface area contributed by atoms with Crippen LogP contribution in [0.1, 0.15) is 12.5 Å². The van der Waals surface area contributed by atoms with Gasteiger partial charge in [-0.1, -0.05) is 30.3 Å². The summed E-state index contributed by atoms with van der Waals surface area (Å²) in [5.41, 5.74) is 2.21. The summed E-state index contributed by atoms with van der Waals surface area (Å²) in [6.07, 6.45) is -0.627. The molecule has 0 fully saturated rings. The number of anilines is 1. The maximum absolute atomic E-state index is 10.4. The predicted molar refractivity (Wildman–Crippen MR) is 80.5 cm³/mol. The van der Waals surface area contributed by atoms with E-state index >= 15 is 0 Å². The van der Waals surface area contributed by atoms with Crippen molar-refractivity contribution >= 4 is 16.5 Å². The third kappa shape index (κ3) is 2.38. The van der Waals surface area contributed by atoms with Gasteiger partial charge in [0.2, 0.25) is 0 Å². The van der Waals surface area contributed by atoms with Crippen LogP contribution in [0.2, 0.25) is 0 Å².